The van der Waals surface area contributed by atoms with Crippen LogP contribution in [0, 0.1) is 23.1 Å². The molecule has 1 fully saturated rings. The largest absolute Gasteiger partial charge is 0.506 e. The number of hydrogen-bond acceptors (Lipinski definition) is 3. The maximum absolute atomic E-state index is 13.3. The molecule has 5 heteroatoms. The molecule has 104 valence electrons. The van der Waals surface area contributed by atoms with Gasteiger partial charge in [-0.1, -0.05) is 25.3 Å². The van der Waals surface area contributed by atoms with E-state index in [-0.39, 0.29) is 29.8 Å². The van der Waals surface area contributed by atoms with Gasteiger partial charge in [0.2, 0.25) is 0 Å². The number of nitriles is 1. The molecular weight excluding hydrogens is 267 g/mol. The zero-order valence-electron chi connectivity index (χ0n) is 10.6. The summed E-state index contributed by atoms with van der Waals surface area (Å²) in [5, 5.41) is 18.8. The zero-order chi connectivity index (χ0) is 13.1. The van der Waals surface area contributed by atoms with Crippen molar-refractivity contribution < 1.29 is 9.50 Å². The molecule has 1 aromatic rings. The average molecular weight is 285 g/mol. The van der Waals surface area contributed by atoms with Crippen molar-refractivity contribution in [1.29, 1.82) is 5.26 Å². The molecule has 1 aliphatic carbocycles. The Kier molecular flexibility index (Phi) is 5.59. The summed E-state index contributed by atoms with van der Waals surface area (Å²) in [7, 11) is 0. The van der Waals surface area contributed by atoms with Crippen LogP contribution >= 0.6 is 12.4 Å². The Balaban J connectivity index is 0.00000180. The fraction of sp³-hybridized carbons (Fsp3) is 0.500. The molecule has 0 radical (unpaired) electrons. The minimum absolute atomic E-state index is 0. The second kappa shape index (κ2) is 6.74. The Morgan fingerprint density at radius 1 is 1.32 bits per heavy atom. The summed E-state index contributed by atoms with van der Waals surface area (Å²) < 4.78 is 13.3. The Morgan fingerprint density at radius 3 is 2.53 bits per heavy atom. The maximum atomic E-state index is 13.3. The lowest BCUT2D eigenvalue weighted by Gasteiger charge is -2.28. The normalized spacial score (nSPS) is 17.3. The molecule has 0 aliphatic heterocycles. The molecule has 0 aromatic heterocycles. The van der Waals surface area contributed by atoms with Crippen LogP contribution in [0.4, 0.5) is 4.39 Å². The molecule has 3 N–H and O–H groups in total. The first kappa shape index (κ1) is 15.7. The highest BCUT2D eigenvalue weighted by atomic mass is 35.5. The van der Waals surface area contributed by atoms with E-state index in [4.69, 9.17) is 11.0 Å². The van der Waals surface area contributed by atoms with Crippen LogP contribution in [0.1, 0.15) is 49.3 Å². The first-order valence-electron chi connectivity index (χ1n) is 6.32. The number of nitrogens with zero attached hydrogens (tertiary/aromatic N) is 1. The van der Waals surface area contributed by atoms with Crippen LogP contribution in [0.2, 0.25) is 0 Å². The van der Waals surface area contributed by atoms with E-state index in [1.54, 1.807) is 6.07 Å². The summed E-state index contributed by atoms with van der Waals surface area (Å²) in [5.41, 5.74) is 6.33. The van der Waals surface area contributed by atoms with Crippen molar-refractivity contribution in [3.8, 4) is 11.8 Å². The molecule has 1 aromatic carbocycles. The van der Waals surface area contributed by atoms with Gasteiger partial charge in [0.25, 0.3) is 0 Å². The number of aromatic hydroxyl groups is 1. The van der Waals surface area contributed by atoms with Crippen LogP contribution in [-0.2, 0) is 0 Å². The van der Waals surface area contributed by atoms with Gasteiger partial charge in [0, 0.05) is 11.6 Å². The third-order valence-electron chi connectivity index (χ3n) is 3.79. The first-order valence-corrected chi connectivity index (χ1v) is 6.32. The monoisotopic (exact) mass is 284 g/mol. The van der Waals surface area contributed by atoms with Gasteiger partial charge in [-0.05, 0) is 24.8 Å². The lowest BCUT2D eigenvalue weighted by atomic mass is 9.81. The maximum Gasteiger partial charge on any atom is 0.144 e. The van der Waals surface area contributed by atoms with Crippen molar-refractivity contribution in [3.05, 3.63) is 29.1 Å². The van der Waals surface area contributed by atoms with Gasteiger partial charge in [0.1, 0.15) is 23.2 Å². The van der Waals surface area contributed by atoms with E-state index in [1.807, 2.05) is 0 Å². The molecule has 0 bridgehead atoms. The van der Waals surface area contributed by atoms with Crippen molar-refractivity contribution in [2.75, 3.05) is 0 Å². The Morgan fingerprint density at radius 2 is 1.95 bits per heavy atom. The molecule has 2 rings (SSSR count). The number of phenols is 1. The highest BCUT2D eigenvalue weighted by Gasteiger charge is 2.25. The highest BCUT2D eigenvalue weighted by molar-refractivity contribution is 5.85. The fourth-order valence-corrected chi connectivity index (χ4v) is 2.71. The van der Waals surface area contributed by atoms with Crippen molar-refractivity contribution in [2.45, 2.75) is 38.1 Å². The van der Waals surface area contributed by atoms with Gasteiger partial charge >= 0.3 is 0 Å². The van der Waals surface area contributed by atoms with Crippen LogP contribution in [0.3, 0.4) is 0 Å². The quantitative estimate of drug-likeness (QED) is 0.874. The van der Waals surface area contributed by atoms with E-state index in [2.05, 4.69) is 0 Å². The van der Waals surface area contributed by atoms with Gasteiger partial charge < -0.3 is 10.8 Å². The summed E-state index contributed by atoms with van der Waals surface area (Å²) in [4.78, 5) is 0. The van der Waals surface area contributed by atoms with Crippen LogP contribution < -0.4 is 5.73 Å². The van der Waals surface area contributed by atoms with Gasteiger partial charge in [-0.2, -0.15) is 5.26 Å². The van der Waals surface area contributed by atoms with E-state index in [1.165, 1.54) is 18.6 Å². The van der Waals surface area contributed by atoms with Crippen LogP contribution in [-0.4, -0.2) is 5.11 Å². The third kappa shape index (κ3) is 3.17. The number of nitrogens with two attached hydrogens (primary N) is 1. The number of halogens is 2. The standard InChI is InChI=1S/C14H17FN2O.ClH/c15-12-7-6-10(14(18)11(12)8-16)13(17)9-4-2-1-3-5-9;/h6-7,9,13,18H,1-5,17H2;1H/t13-;/m0./s1. The molecule has 0 saturated heterocycles. The number of benzene rings is 1. The van der Waals surface area contributed by atoms with E-state index in [9.17, 15) is 9.50 Å². The first-order chi connectivity index (χ1) is 8.65. The molecule has 1 aliphatic rings. The minimum atomic E-state index is -0.699. The Bertz CT molecular complexity index is 481. The van der Waals surface area contributed by atoms with E-state index < -0.39 is 5.82 Å². The Labute approximate surface area is 118 Å². The third-order valence-corrected chi connectivity index (χ3v) is 3.79. The number of rotatable bonds is 2. The van der Waals surface area contributed by atoms with Crippen LogP contribution in [0.15, 0.2) is 12.1 Å². The highest BCUT2D eigenvalue weighted by Crippen LogP contribution is 2.37. The van der Waals surface area contributed by atoms with Crippen molar-refractivity contribution in [1.82, 2.24) is 0 Å². The summed E-state index contributed by atoms with van der Waals surface area (Å²) in [6, 6.07) is 4.06. The molecule has 1 saturated carbocycles. The van der Waals surface area contributed by atoms with E-state index in [0.717, 1.165) is 25.7 Å². The zero-order valence-corrected chi connectivity index (χ0v) is 11.4. The van der Waals surface area contributed by atoms with Crippen molar-refractivity contribution in [2.24, 2.45) is 11.7 Å². The predicted octanol–water partition coefficient (Wildman–Crippen LogP) is 3.40. The minimum Gasteiger partial charge on any atom is -0.506 e. The molecule has 19 heavy (non-hydrogen) atoms. The molecule has 3 nitrogen and oxygen atoms in total. The average Bonchev–Trinajstić information content (AvgIpc) is 2.40. The van der Waals surface area contributed by atoms with Gasteiger partial charge in [0.15, 0.2) is 0 Å². The predicted molar refractivity (Wildman–Crippen MR) is 73.5 cm³/mol. The SMILES string of the molecule is Cl.N#Cc1c(F)ccc([C@@H](N)C2CCCCC2)c1O. The smallest absolute Gasteiger partial charge is 0.144 e. The fourth-order valence-electron chi connectivity index (χ4n) is 2.71. The second-order valence-electron chi connectivity index (χ2n) is 4.90. The van der Waals surface area contributed by atoms with Gasteiger partial charge in [-0.15, -0.1) is 12.4 Å². The molecule has 0 heterocycles. The molecule has 0 amide bonds. The van der Waals surface area contributed by atoms with Crippen molar-refractivity contribution >= 4 is 12.4 Å². The van der Waals surface area contributed by atoms with E-state index in [0.29, 0.717) is 11.5 Å². The lowest BCUT2D eigenvalue weighted by Crippen LogP contribution is -2.23. The molecule has 0 unspecified atom stereocenters. The number of phenolic OH excluding ortho intramolecular Hbond substituents is 1. The lowest BCUT2D eigenvalue weighted by molar-refractivity contribution is 0.302. The van der Waals surface area contributed by atoms with Gasteiger partial charge in [0.05, 0.1) is 0 Å². The van der Waals surface area contributed by atoms with Crippen molar-refractivity contribution in [3.63, 3.8) is 0 Å². The summed E-state index contributed by atoms with van der Waals surface area (Å²) in [6.07, 6.45) is 5.57. The van der Waals surface area contributed by atoms with Gasteiger partial charge in [-0.25, -0.2) is 4.39 Å². The van der Waals surface area contributed by atoms with Crippen LogP contribution in [0.5, 0.6) is 5.75 Å². The summed E-state index contributed by atoms with van der Waals surface area (Å²) in [6.45, 7) is 0. The summed E-state index contributed by atoms with van der Waals surface area (Å²) >= 11 is 0. The summed E-state index contributed by atoms with van der Waals surface area (Å²) in [5.74, 6) is -0.688. The topological polar surface area (TPSA) is 70.0 Å². The Hall–Kier alpha value is -1.31. The molecular formula is C14H18ClFN2O. The molecule has 1 atom stereocenters. The second-order valence-corrected chi connectivity index (χ2v) is 4.90. The number of hydrogen-bond donors (Lipinski definition) is 2. The van der Waals surface area contributed by atoms with Crippen LogP contribution in [0.25, 0.3) is 0 Å². The van der Waals surface area contributed by atoms with E-state index >= 15 is 0 Å². The van der Waals surface area contributed by atoms with Gasteiger partial charge in [-0.3, -0.25) is 0 Å². The molecule has 0 spiro atoms.